The molecular formula is C22H15ClN2O5. The molecule has 1 atom stereocenters. The minimum Gasteiger partial charge on any atom is -0.454 e. The lowest BCUT2D eigenvalue weighted by atomic mass is 9.93. The van der Waals surface area contributed by atoms with E-state index in [0.29, 0.717) is 33.8 Å². The van der Waals surface area contributed by atoms with Crippen LogP contribution in [0, 0.1) is 10.1 Å². The molecular weight excluding hydrogens is 408 g/mol. The van der Waals surface area contributed by atoms with Gasteiger partial charge in [-0.05, 0) is 53.6 Å². The van der Waals surface area contributed by atoms with Crippen LogP contribution in [0.25, 0.3) is 0 Å². The molecule has 150 valence electrons. The summed E-state index contributed by atoms with van der Waals surface area (Å²) in [5, 5.41) is 14.0. The average Bonchev–Trinajstić information content (AvgIpc) is 2.74. The predicted molar refractivity (Wildman–Crippen MR) is 111 cm³/mol. The van der Waals surface area contributed by atoms with Crippen molar-refractivity contribution >= 4 is 34.9 Å². The number of nitrogens with zero attached hydrogens (tertiary/aromatic N) is 1. The minimum atomic E-state index is -0.509. The SMILES string of the molecule is O=C(Nc1ccc([N+](=O)[O-])cc1)c1ccc2c(c1)CC(c1ccc(Cl)cc1)OC2=O. The number of carbonyl (C=O) groups is 2. The molecule has 0 spiro atoms. The Labute approximate surface area is 176 Å². The Morgan fingerprint density at radius 1 is 1.07 bits per heavy atom. The predicted octanol–water partition coefficient (Wildman–Crippen LogP) is 4.95. The van der Waals surface area contributed by atoms with Crippen molar-refractivity contribution in [1.82, 2.24) is 0 Å². The maximum Gasteiger partial charge on any atom is 0.339 e. The highest BCUT2D eigenvalue weighted by Crippen LogP contribution is 2.32. The maximum atomic E-state index is 12.6. The normalized spacial score (nSPS) is 15.1. The molecule has 1 N–H and O–H groups in total. The minimum absolute atomic E-state index is 0.0615. The van der Waals surface area contributed by atoms with Crippen molar-refractivity contribution < 1.29 is 19.2 Å². The summed E-state index contributed by atoms with van der Waals surface area (Å²) in [5.41, 5.74) is 2.70. The fourth-order valence-electron chi connectivity index (χ4n) is 3.27. The molecule has 8 heteroatoms. The summed E-state index contributed by atoms with van der Waals surface area (Å²) < 4.78 is 5.53. The van der Waals surface area contributed by atoms with E-state index in [0.717, 1.165) is 5.56 Å². The molecule has 1 aliphatic rings. The van der Waals surface area contributed by atoms with E-state index in [4.69, 9.17) is 16.3 Å². The molecule has 30 heavy (non-hydrogen) atoms. The first kappa shape index (κ1) is 19.6. The summed E-state index contributed by atoms with van der Waals surface area (Å²) in [6, 6.07) is 17.4. The van der Waals surface area contributed by atoms with Gasteiger partial charge in [0.1, 0.15) is 6.10 Å². The summed E-state index contributed by atoms with van der Waals surface area (Å²) in [7, 11) is 0. The van der Waals surface area contributed by atoms with Crippen LogP contribution >= 0.6 is 11.6 Å². The van der Waals surface area contributed by atoms with Crippen LogP contribution in [0.4, 0.5) is 11.4 Å². The smallest absolute Gasteiger partial charge is 0.339 e. The number of rotatable bonds is 4. The fourth-order valence-corrected chi connectivity index (χ4v) is 3.40. The van der Waals surface area contributed by atoms with Gasteiger partial charge in [0.05, 0.1) is 10.5 Å². The van der Waals surface area contributed by atoms with Crippen molar-refractivity contribution in [2.75, 3.05) is 5.32 Å². The van der Waals surface area contributed by atoms with Crippen LogP contribution in [0.15, 0.2) is 66.7 Å². The van der Waals surface area contributed by atoms with Crippen LogP contribution in [0.1, 0.15) is 37.9 Å². The summed E-state index contributed by atoms with van der Waals surface area (Å²) in [6.45, 7) is 0. The number of halogens is 1. The number of anilines is 1. The van der Waals surface area contributed by atoms with Crippen LogP contribution < -0.4 is 5.32 Å². The second-order valence-electron chi connectivity index (χ2n) is 6.78. The van der Waals surface area contributed by atoms with Gasteiger partial charge in [-0.2, -0.15) is 0 Å². The lowest BCUT2D eigenvalue weighted by molar-refractivity contribution is -0.384. The zero-order valence-corrected chi connectivity index (χ0v) is 16.3. The summed E-state index contributed by atoms with van der Waals surface area (Å²) in [5.74, 6) is -0.827. The Morgan fingerprint density at radius 2 is 1.77 bits per heavy atom. The van der Waals surface area contributed by atoms with Gasteiger partial charge >= 0.3 is 5.97 Å². The van der Waals surface area contributed by atoms with Crippen LogP contribution in [0.5, 0.6) is 0 Å². The van der Waals surface area contributed by atoms with Gasteiger partial charge in [-0.3, -0.25) is 14.9 Å². The van der Waals surface area contributed by atoms with Gasteiger partial charge in [0, 0.05) is 34.8 Å². The standard InChI is InChI=1S/C22H15ClN2O5/c23-16-4-1-13(2-5-16)20-12-15-11-14(3-10-19(15)22(27)30-20)21(26)24-17-6-8-18(9-7-17)25(28)29/h1-11,20H,12H2,(H,24,26). The number of benzene rings is 3. The van der Waals surface area contributed by atoms with Gasteiger partial charge in [-0.15, -0.1) is 0 Å². The number of nitrogens with one attached hydrogen (secondary N) is 1. The summed E-state index contributed by atoms with van der Waals surface area (Å²) in [4.78, 5) is 35.2. The zero-order chi connectivity index (χ0) is 21.3. The van der Waals surface area contributed by atoms with E-state index in [1.165, 1.54) is 24.3 Å². The van der Waals surface area contributed by atoms with Crippen LogP contribution in [0.2, 0.25) is 5.02 Å². The molecule has 3 aromatic rings. The van der Waals surface area contributed by atoms with E-state index >= 15 is 0 Å². The number of ether oxygens (including phenoxy) is 1. The molecule has 3 aromatic carbocycles. The Balaban J connectivity index is 1.54. The van der Waals surface area contributed by atoms with E-state index < -0.39 is 17.0 Å². The number of nitro groups is 1. The molecule has 0 aromatic heterocycles. The Kier molecular flexibility index (Phi) is 5.20. The molecule has 7 nitrogen and oxygen atoms in total. The van der Waals surface area contributed by atoms with Crippen molar-refractivity contribution in [3.63, 3.8) is 0 Å². The average molecular weight is 423 g/mol. The van der Waals surface area contributed by atoms with E-state index in [1.54, 1.807) is 42.5 Å². The molecule has 1 unspecified atom stereocenters. The highest BCUT2D eigenvalue weighted by Gasteiger charge is 2.28. The second kappa shape index (κ2) is 7.96. The first-order chi connectivity index (χ1) is 14.4. The Morgan fingerprint density at radius 3 is 2.43 bits per heavy atom. The lowest BCUT2D eigenvalue weighted by Crippen LogP contribution is -2.23. The van der Waals surface area contributed by atoms with Crippen molar-refractivity contribution in [2.45, 2.75) is 12.5 Å². The molecule has 4 rings (SSSR count). The largest absolute Gasteiger partial charge is 0.454 e. The summed E-state index contributed by atoms with van der Waals surface area (Å²) >= 11 is 5.92. The highest BCUT2D eigenvalue weighted by atomic mass is 35.5. The maximum absolute atomic E-state index is 12.6. The monoisotopic (exact) mass is 422 g/mol. The van der Waals surface area contributed by atoms with E-state index in [1.807, 2.05) is 0 Å². The van der Waals surface area contributed by atoms with Crippen molar-refractivity contribution in [1.29, 1.82) is 0 Å². The molecule has 1 amide bonds. The fraction of sp³-hybridized carbons (Fsp3) is 0.0909. The third kappa shape index (κ3) is 4.01. The van der Waals surface area contributed by atoms with Gasteiger partial charge in [-0.25, -0.2) is 4.79 Å². The Bertz CT molecular complexity index is 1140. The molecule has 0 aliphatic carbocycles. The molecule has 0 bridgehead atoms. The molecule has 0 radical (unpaired) electrons. The van der Waals surface area contributed by atoms with E-state index in [9.17, 15) is 19.7 Å². The second-order valence-corrected chi connectivity index (χ2v) is 7.22. The number of nitro benzene ring substituents is 1. The molecule has 0 saturated carbocycles. The van der Waals surface area contributed by atoms with Gasteiger partial charge in [0.2, 0.25) is 0 Å². The number of hydrogen-bond acceptors (Lipinski definition) is 5. The third-order valence-corrected chi connectivity index (χ3v) is 5.07. The number of cyclic esters (lactones) is 1. The molecule has 1 heterocycles. The van der Waals surface area contributed by atoms with E-state index in [-0.39, 0.29) is 11.6 Å². The number of fused-ring (bicyclic) bond motifs is 1. The number of carbonyl (C=O) groups excluding carboxylic acids is 2. The van der Waals surface area contributed by atoms with Crippen LogP contribution in [-0.2, 0) is 11.2 Å². The topological polar surface area (TPSA) is 98.5 Å². The van der Waals surface area contributed by atoms with Crippen molar-refractivity contribution in [3.8, 4) is 0 Å². The van der Waals surface area contributed by atoms with Gasteiger partial charge in [0.15, 0.2) is 0 Å². The van der Waals surface area contributed by atoms with E-state index in [2.05, 4.69) is 5.32 Å². The molecule has 0 saturated heterocycles. The molecule has 0 fully saturated rings. The Hall–Kier alpha value is -3.71. The number of hydrogen-bond donors (Lipinski definition) is 1. The van der Waals surface area contributed by atoms with Crippen molar-refractivity contribution in [2.24, 2.45) is 0 Å². The molecule has 1 aliphatic heterocycles. The van der Waals surface area contributed by atoms with Gasteiger partial charge < -0.3 is 10.1 Å². The number of esters is 1. The highest BCUT2D eigenvalue weighted by molar-refractivity contribution is 6.30. The van der Waals surface area contributed by atoms with Gasteiger partial charge in [-0.1, -0.05) is 23.7 Å². The van der Waals surface area contributed by atoms with Crippen LogP contribution in [-0.4, -0.2) is 16.8 Å². The third-order valence-electron chi connectivity index (χ3n) is 4.82. The van der Waals surface area contributed by atoms with Crippen molar-refractivity contribution in [3.05, 3.63) is 104 Å². The summed E-state index contributed by atoms with van der Waals surface area (Å²) in [6.07, 6.45) is -0.0308. The first-order valence-electron chi connectivity index (χ1n) is 9.06. The number of non-ortho nitro benzene ring substituents is 1. The van der Waals surface area contributed by atoms with Crippen LogP contribution in [0.3, 0.4) is 0 Å². The first-order valence-corrected chi connectivity index (χ1v) is 9.44. The number of amides is 1. The van der Waals surface area contributed by atoms with Gasteiger partial charge in [0.25, 0.3) is 11.6 Å². The quantitative estimate of drug-likeness (QED) is 0.364. The zero-order valence-electron chi connectivity index (χ0n) is 15.5. The lowest BCUT2D eigenvalue weighted by Gasteiger charge is -2.25.